The third kappa shape index (κ3) is 8.98. The second kappa shape index (κ2) is 15.6. The number of benzene rings is 3. The van der Waals surface area contributed by atoms with Crippen molar-refractivity contribution in [2.75, 3.05) is 24.5 Å². The van der Waals surface area contributed by atoms with Gasteiger partial charge in [-0.1, -0.05) is 65.7 Å². The minimum absolute atomic E-state index is 0.00563. The molecule has 3 fully saturated rings. The number of amidine groups is 1. The molecule has 0 radical (unpaired) electrons. The predicted octanol–water partition coefficient (Wildman–Crippen LogP) is 5.67. The van der Waals surface area contributed by atoms with Crippen LogP contribution in [0.4, 0.5) is 10.1 Å². The van der Waals surface area contributed by atoms with E-state index < -0.39 is 28.9 Å². The van der Waals surface area contributed by atoms with Crippen molar-refractivity contribution in [1.29, 1.82) is 0 Å². The summed E-state index contributed by atoms with van der Waals surface area (Å²) in [5.74, 6) is 5.30. The maximum Gasteiger partial charge on any atom is 0.253 e. The minimum Gasteiger partial charge on any atom is -0.386 e. The average molecular weight is 690 g/mol. The molecule has 4 unspecified atom stereocenters. The lowest BCUT2D eigenvalue weighted by atomic mass is 9.97. The summed E-state index contributed by atoms with van der Waals surface area (Å²) < 4.78 is 36.3. The van der Waals surface area contributed by atoms with Gasteiger partial charge in [-0.05, 0) is 73.6 Å². The van der Waals surface area contributed by atoms with Crippen LogP contribution in [0.5, 0.6) is 0 Å². The van der Waals surface area contributed by atoms with E-state index in [9.17, 15) is 9.00 Å². The van der Waals surface area contributed by atoms with Gasteiger partial charge < -0.3 is 15.4 Å². The number of carbonyl (C=O) groups is 1. The van der Waals surface area contributed by atoms with Crippen LogP contribution in [0.25, 0.3) is 0 Å². The van der Waals surface area contributed by atoms with Crippen molar-refractivity contribution >= 4 is 51.6 Å². The van der Waals surface area contributed by atoms with Crippen molar-refractivity contribution < 1.29 is 18.1 Å². The Balaban J connectivity index is 0.000000527. The zero-order valence-corrected chi connectivity index (χ0v) is 27.9. The summed E-state index contributed by atoms with van der Waals surface area (Å²) in [5, 5.41) is 6.47. The highest BCUT2D eigenvalue weighted by Gasteiger charge is 2.48. The Kier molecular flexibility index (Phi) is 11.6. The van der Waals surface area contributed by atoms with Crippen LogP contribution >= 0.6 is 23.2 Å². The number of rotatable bonds is 11. The molecule has 1 amide bonds. The molecule has 246 valence electrons. The Morgan fingerprint density at radius 2 is 1.65 bits per heavy atom. The number of anilines is 1. The molecule has 1 saturated heterocycles. The van der Waals surface area contributed by atoms with Crippen molar-refractivity contribution in [3.8, 4) is 0 Å². The Hall–Kier alpha value is -3.22. The normalized spacial score (nSPS) is 21.2. The van der Waals surface area contributed by atoms with E-state index in [0.717, 1.165) is 41.4 Å². The number of ether oxygens (including phenoxy) is 1. The Morgan fingerprint density at radius 3 is 2.22 bits per heavy atom. The molecule has 6 rings (SSSR count). The van der Waals surface area contributed by atoms with Gasteiger partial charge in [0.05, 0.1) is 36.2 Å². The largest absolute Gasteiger partial charge is 0.386 e. The van der Waals surface area contributed by atoms with Crippen LogP contribution in [-0.4, -0.2) is 63.6 Å². The van der Waals surface area contributed by atoms with Crippen molar-refractivity contribution in [3.63, 3.8) is 0 Å². The number of nitrogens with zero attached hydrogens (tertiary/aromatic N) is 4. The topological polar surface area (TPSA) is 117 Å². The standard InChI is InChI=1S/C27H34ClFN6O3S.C6H5Cl/c1-33(31)32-26(30)14-25-27(36)35(24(16-38-25)18-8-10-19(28)11-9-18)23(17-6-7-17)15-34(39(37)20-12-13-20)22-5-3-2-4-21(22)29;7-6-4-2-1-3-5-6/h2-5,8-11,17,20,23-25H,6-7,12-16,31H2,1H3,(H2,30,32);1-5H. The molecule has 4 atom stereocenters. The van der Waals surface area contributed by atoms with Crippen LogP contribution in [0.2, 0.25) is 10.0 Å². The van der Waals surface area contributed by atoms with E-state index in [2.05, 4.69) is 5.10 Å². The van der Waals surface area contributed by atoms with Gasteiger partial charge in [-0.15, -0.1) is 5.10 Å². The molecule has 13 heteroatoms. The van der Waals surface area contributed by atoms with E-state index in [4.69, 9.17) is 39.5 Å². The van der Waals surface area contributed by atoms with Gasteiger partial charge in [-0.25, -0.2) is 19.6 Å². The highest BCUT2D eigenvalue weighted by Crippen LogP contribution is 2.43. The van der Waals surface area contributed by atoms with E-state index in [1.807, 2.05) is 47.4 Å². The first-order valence-electron chi connectivity index (χ1n) is 15.3. The van der Waals surface area contributed by atoms with E-state index in [-0.39, 0.29) is 54.2 Å². The summed E-state index contributed by atoms with van der Waals surface area (Å²) in [6.45, 7) is 0.477. The first-order valence-corrected chi connectivity index (χ1v) is 17.2. The third-order valence-electron chi connectivity index (χ3n) is 8.01. The van der Waals surface area contributed by atoms with Crippen LogP contribution in [0.3, 0.4) is 0 Å². The van der Waals surface area contributed by atoms with Crippen LogP contribution in [0.1, 0.15) is 43.7 Å². The Morgan fingerprint density at radius 1 is 1.02 bits per heavy atom. The monoisotopic (exact) mass is 688 g/mol. The smallest absolute Gasteiger partial charge is 0.253 e. The van der Waals surface area contributed by atoms with Gasteiger partial charge in [0.25, 0.3) is 5.91 Å². The maximum absolute atomic E-state index is 15.0. The molecule has 2 aliphatic carbocycles. The molecule has 1 aliphatic heterocycles. The summed E-state index contributed by atoms with van der Waals surface area (Å²) in [7, 11) is 0.121. The Bertz CT molecular complexity index is 1530. The summed E-state index contributed by atoms with van der Waals surface area (Å²) >= 11 is 11.7. The van der Waals surface area contributed by atoms with E-state index in [1.165, 1.54) is 6.07 Å². The maximum atomic E-state index is 15.0. The lowest BCUT2D eigenvalue weighted by molar-refractivity contribution is -0.164. The molecule has 1 heterocycles. The van der Waals surface area contributed by atoms with E-state index in [1.54, 1.807) is 41.7 Å². The first-order chi connectivity index (χ1) is 22.1. The van der Waals surface area contributed by atoms with Gasteiger partial charge >= 0.3 is 0 Å². The number of hydrogen-bond acceptors (Lipinski definition) is 6. The average Bonchev–Trinajstić information content (AvgIpc) is 3.95. The molecular formula is C33H39Cl2FN6O3S. The van der Waals surface area contributed by atoms with Crippen molar-refractivity contribution in [2.45, 2.75) is 55.5 Å². The fourth-order valence-corrected chi connectivity index (χ4v) is 7.31. The lowest BCUT2D eigenvalue weighted by Crippen LogP contribution is -2.58. The molecule has 4 N–H and O–H groups in total. The fraction of sp³-hybridized carbons (Fsp3) is 0.394. The summed E-state index contributed by atoms with van der Waals surface area (Å²) in [6, 6.07) is 22.5. The molecule has 0 aromatic heterocycles. The number of hydrazone groups is 1. The van der Waals surface area contributed by atoms with Crippen LogP contribution in [0.15, 0.2) is 84.0 Å². The number of nitrogens with two attached hydrogens (primary N) is 2. The molecular weight excluding hydrogens is 650 g/mol. The zero-order chi connectivity index (χ0) is 32.8. The second-order valence-corrected chi connectivity index (χ2v) is 14.2. The van der Waals surface area contributed by atoms with Crippen LogP contribution < -0.4 is 15.9 Å². The Labute approximate surface area is 281 Å². The molecule has 9 nitrogen and oxygen atoms in total. The summed E-state index contributed by atoms with van der Waals surface area (Å²) in [5.41, 5.74) is 7.21. The SMILES string of the molecule is CN(N)/N=C(\N)CC1OCC(c2ccc(Cl)cc2)N(C(CN(c2ccccc2F)S(=O)C2CC2)C2CC2)C1=O.Clc1ccccc1. The van der Waals surface area contributed by atoms with Crippen molar-refractivity contribution in [2.24, 2.45) is 22.6 Å². The van der Waals surface area contributed by atoms with Gasteiger partial charge in [0.15, 0.2) is 0 Å². The van der Waals surface area contributed by atoms with E-state index >= 15 is 4.39 Å². The van der Waals surface area contributed by atoms with E-state index in [0.29, 0.717) is 5.02 Å². The number of morpholine rings is 1. The van der Waals surface area contributed by atoms with Gasteiger partial charge in [0, 0.05) is 23.5 Å². The lowest BCUT2D eigenvalue weighted by Gasteiger charge is -2.45. The number of carbonyl (C=O) groups excluding carboxylic acids is 1. The molecule has 46 heavy (non-hydrogen) atoms. The molecule has 2 saturated carbocycles. The molecule has 3 aliphatic rings. The predicted molar refractivity (Wildman–Crippen MR) is 182 cm³/mol. The highest BCUT2D eigenvalue weighted by atomic mass is 35.5. The van der Waals surface area contributed by atoms with Gasteiger partial charge in [0.1, 0.15) is 28.7 Å². The van der Waals surface area contributed by atoms with Gasteiger partial charge in [-0.3, -0.25) is 9.10 Å². The molecule has 0 bridgehead atoms. The fourth-order valence-electron chi connectivity index (χ4n) is 5.50. The quantitative estimate of drug-likeness (QED) is 0.116. The summed E-state index contributed by atoms with van der Waals surface area (Å²) in [4.78, 5) is 16.0. The third-order valence-corrected chi connectivity index (χ3v) is 10.3. The number of halogens is 3. The van der Waals surface area contributed by atoms with Gasteiger partial charge in [0.2, 0.25) is 0 Å². The number of amides is 1. The number of hydrogen-bond donors (Lipinski definition) is 2. The van der Waals surface area contributed by atoms with Gasteiger partial charge in [-0.2, -0.15) is 0 Å². The van der Waals surface area contributed by atoms with Crippen LogP contribution in [-0.2, 0) is 20.5 Å². The zero-order valence-electron chi connectivity index (χ0n) is 25.6. The number of para-hydroxylation sites is 1. The minimum atomic E-state index is -1.42. The summed E-state index contributed by atoms with van der Waals surface area (Å²) in [6.07, 6.45) is 2.76. The van der Waals surface area contributed by atoms with Crippen molar-refractivity contribution in [3.05, 3.63) is 100 Å². The molecule has 0 spiro atoms. The highest BCUT2D eigenvalue weighted by molar-refractivity contribution is 7.87. The number of hydrazine groups is 1. The van der Waals surface area contributed by atoms with Crippen molar-refractivity contribution in [1.82, 2.24) is 10.0 Å². The van der Waals surface area contributed by atoms with Crippen LogP contribution in [0, 0.1) is 11.7 Å². The second-order valence-electron chi connectivity index (χ2n) is 11.7. The molecule has 3 aromatic carbocycles. The first kappa shape index (κ1) is 34.1. The molecule has 3 aromatic rings.